The van der Waals surface area contributed by atoms with Gasteiger partial charge in [-0.3, -0.25) is 9.59 Å². The molecule has 122 valence electrons. The van der Waals surface area contributed by atoms with Crippen LogP contribution in [0.25, 0.3) is 0 Å². The Bertz CT molecular complexity index is 837. The second-order valence-corrected chi connectivity index (χ2v) is 5.34. The van der Waals surface area contributed by atoms with Crippen LogP contribution in [0, 0.1) is 0 Å². The van der Waals surface area contributed by atoms with Crippen LogP contribution in [-0.4, -0.2) is 35.9 Å². The van der Waals surface area contributed by atoms with Crippen molar-refractivity contribution in [2.75, 3.05) is 18.5 Å². The molecule has 1 amide bonds. The summed E-state index contributed by atoms with van der Waals surface area (Å²) in [5.41, 5.74) is 0.702. The van der Waals surface area contributed by atoms with Crippen molar-refractivity contribution in [1.29, 1.82) is 0 Å². The molecule has 2 aromatic rings. The highest BCUT2D eigenvalue weighted by Crippen LogP contribution is 2.28. The molecule has 2 heterocycles. The number of amides is 1. The number of nitrogens with one attached hydrogen (secondary N) is 1. The van der Waals surface area contributed by atoms with E-state index in [4.69, 9.17) is 21.1 Å². The van der Waals surface area contributed by atoms with Gasteiger partial charge in [-0.05, 0) is 30.3 Å². The smallest absolute Gasteiger partial charge is 0.357 e. The topological polar surface area (TPSA) is 94.6 Å². The Morgan fingerprint density at radius 1 is 1.29 bits per heavy atom. The lowest BCUT2D eigenvalue weighted by molar-refractivity contribution is -0.118. The fraction of sp³-hybridized carbons (Fsp3) is 0.125. The van der Waals surface area contributed by atoms with Crippen LogP contribution in [0.5, 0.6) is 5.75 Å². The first-order valence-electron chi connectivity index (χ1n) is 6.91. The molecule has 8 heteroatoms. The van der Waals surface area contributed by atoms with Crippen molar-refractivity contribution in [2.45, 2.75) is 0 Å². The number of benzene rings is 1. The average molecular weight is 347 g/mol. The summed E-state index contributed by atoms with van der Waals surface area (Å²) in [7, 11) is 0. The third-order valence-corrected chi connectivity index (χ3v) is 3.43. The predicted molar refractivity (Wildman–Crippen MR) is 84.4 cm³/mol. The fourth-order valence-corrected chi connectivity index (χ4v) is 2.22. The van der Waals surface area contributed by atoms with Crippen LogP contribution in [0.1, 0.15) is 20.8 Å². The molecule has 0 atom stereocenters. The van der Waals surface area contributed by atoms with Crippen molar-refractivity contribution in [1.82, 2.24) is 4.98 Å². The minimum Gasteiger partial charge on any atom is -0.482 e. The number of carbonyl (C=O) groups excluding carboxylic acids is 3. The number of esters is 1. The van der Waals surface area contributed by atoms with Crippen LogP contribution in [0.15, 0.2) is 36.5 Å². The van der Waals surface area contributed by atoms with Gasteiger partial charge in [0.2, 0.25) is 0 Å². The van der Waals surface area contributed by atoms with E-state index in [2.05, 4.69) is 10.3 Å². The largest absolute Gasteiger partial charge is 0.482 e. The molecule has 0 saturated carbocycles. The van der Waals surface area contributed by atoms with Crippen LogP contribution in [-0.2, 0) is 9.53 Å². The number of hydrogen-bond donors (Lipinski definition) is 1. The summed E-state index contributed by atoms with van der Waals surface area (Å²) in [6.45, 7) is -0.523. The van der Waals surface area contributed by atoms with Crippen molar-refractivity contribution < 1.29 is 23.9 Å². The van der Waals surface area contributed by atoms with E-state index >= 15 is 0 Å². The molecule has 0 fully saturated rings. The molecule has 7 nitrogen and oxygen atoms in total. The van der Waals surface area contributed by atoms with Crippen LogP contribution < -0.4 is 10.1 Å². The molecule has 1 aromatic carbocycles. The van der Waals surface area contributed by atoms with Gasteiger partial charge in [0, 0.05) is 16.8 Å². The van der Waals surface area contributed by atoms with E-state index in [0.717, 1.165) is 0 Å². The Labute approximate surface area is 141 Å². The highest BCUT2D eigenvalue weighted by molar-refractivity contribution is 6.30. The van der Waals surface area contributed by atoms with Crippen molar-refractivity contribution >= 4 is 34.9 Å². The van der Waals surface area contributed by atoms with Gasteiger partial charge in [-0.1, -0.05) is 11.6 Å². The zero-order chi connectivity index (χ0) is 17.1. The second-order valence-electron chi connectivity index (χ2n) is 4.91. The number of halogens is 1. The van der Waals surface area contributed by atoms with Gasteiger partial charge in [0.25, 0.3) is 5.91 Å². The number of pyridine rings is 1. The Kier molecular flexibility index (Phi) is 4.43. The van der Waals surface area contributed by atoms with Gasteiger partial charge in [-0.2, -0.15) is 0 Å². The number of carbonyl (C=O) groups is 3. The number of aromatic nitrogens is 1. The summed E-state index contributed by atoms with van der Waals surface area (Å²) in [4.78, 5) is 39.1. The molecule has 0 aliphatic carbocycles. The molecule has 0 bridgehead atoms. The maximum atomic E-state index is 12.1. The highest BCUT2D eigenvalue weighted by Gasteiger charge is 2.19. The number of Topliss-reactive ketones (excluding diaryl/α,β-unsaturated/α-hetero) is 1. The first kappa shape index (κ1) is 15.9. The van der Waals surface area contributed by atoms with Crippen molar-refractivity contribution in [3.63, 3.8) is 0 Å². The van der Waals surface area contributed by atoms with Crippen LogP contribution in [0.3, 0.4) is 0 Å². The van der Waals surface area contributed by atoms with E-state index in [-0.39, 0.29) is 23.8 Å². The highest BCUT2D eigenvalue weighted by atomic mass is 35.5. The molecule has 1 N–H and O–H groups in total. The van der Waals surface area contributed by atoms with E-state index < -0.39 is 18.4 Å². The number of rotatable bonds is 4. The van der Waals surface area contributed by atoms with E-state index in [1.54, 1.807) is 6.07 Å². The lowest BCUT2D eigenvalue weighted by Crippen LogP contribution is -2.25. The maximum Gasteiger partial charge on any atom is 0.357 e. The number of ketones is 1. The molecule has 0 saturated heterocycles. The summed E-state index contributed by atoms with van der Waals surface area (Å²) in [6, 6.07) is 7.44. The molecule has 1 aliphatic heterocycles. The Balaban J connectivity index is 1.66. The lowest BCUT2D eigenvalue weighted by atomic mass is 10.1. The van der Waals surface area contributed by atoms with Gasteiger partial charge in [-0.25, -0.2) is 9.78 Å². The van der Waals surface area contributed by atoms with Gasteiger partial charge < -0.3 is 14.8 Å². The standard InChI is InChI=1S/C16H11ClN2O5/c17-10-3-4-18-12(6-10)16(22)24-7-13(20)9-1-2-14-11(5-9)19-15(21)8-23-14/h1-6H,7-8H2,(H,19,21). The monoisotopic (exact) mass is 346 g/mol. The van der Waals surface area contributed by atoms with E-state index in [1.807, 2.05) is 0 Å². The second kappa shape index (κ2) is 6.67. The minimum absolute atomic E-state index is 0.0152. The summed E-state index contributed by atoms with van der Waals surface area (Å²) in [5, 5.41) is 2.94. The van der Waals surface area contributed by atoms with Crippen molar-refractivity contribution in [3.05, 3.63) is 52.8 Å². The predicted octanol–water partition coefficient (Wildman–Crippen LogP) is 2.11. The molecular formula is C16H11ClN2O5. The average Bonchev–Trinajstić information content (AvgIpc) is 2.58. The Hall–Kier alpha value is -2.93. The van der Waals surface area contributed by atoms with Gasteiger partial charge in [0.05, 0.1) is 5.69 Å². The number of ether oxygens (including phenoxy) is 2. The zero-order valence-electron chi connectivity index (χ0n) is 12.2. The first-order chi connectivity index (χ1) is 11.5. The molecule has 0 spiro atoms. The molecule has 24 heavy (non-hydrogen) atoms. The van der Waals surface area contributed by atoms with Crippen LogP contribution >= 0.6 is 11.6 Å². The van der Waals surface area contributed by atoms with E-state index in [9.17, 15) is 14.4 Å². The number of hydrogen-bond acceptors (Lipinski definition) is 6. The van der Waals surface area contributed by atoms with Gasteiger partial charge in [0.15, 0.2) is 19.0 Å². The molecule has 0 unspecified atom stereocenters. The first-order valence-corrected chi connectivity index (χ1v) is 7.29. The number of anilines is 1. The number of nitrogens with zero attached hydrogens (tertiary/aromatic N) is 1. The van der Waals surface area contributed by atoms with Crippen molar-refractivity contribution in [2.24, 2.45) is 0 Å². The maximum absolute atomic E-state index is 12.1. The molecule has 3 rings (SSSR count). The van der Waals surface area contributed by atoms with Gasteiger partial charge in [-0.15, -0.1) is 0 Å². The Morgan fingerprint density at radius 2 is 2.12 bits per heavy atom. The summed E-state index contributed by atoms with van der Waals surface area (Å²) in [6.07, 6.45) is 1.37. The summed E-state index contributed by atoms with van der Waals surface area (Å²) < 4.78 is 10.1. The van der Waals surface area contributed by atoms with E-state index in [0.29, 0.717) is 16.5 Å². The van der Waals surface area contributed by atoms with Crippen LogP contribution in [0.4, 0.5) is 5.69 Å². The summed E-state index contributed by atoms with van der Waals surface area (Å²) in [5.74, 6) is -0.995. The quantitative estimate of drug-likeness (QED) is 0.673. The van der Waals surface area contributed by atoms with E-state index in [1.165, 1.54) is 30.5 Å². The lowest BCUT2D eigenvalue weighted by Gasteiger charge is -2.18. The fourth-order valence-electron chi connectivity index (χ4n) is 2.06. The Morgan fingerprint density at radius 3 is 2.92 bits per heavy atom. The SMILES string of the molecule is O=C1COc2ccc(C(=O)COC(=O)c3cc(Cl)ccn3)cc2N1. The van der Waals surface area contributed by atoms with Gasteiger partial charge in [0.1, 0.15) is 11.4 Å². The zero-order valence-corrected chi connectivity index (χ0v) is 13.0. The molecule has 1 aromatic heterocycles. The normalized spacial score (nSPS) is 12.6. The summed E-state index contributed by atoms with van der Waals surface area (Å²) >= 11 is 5.77. The minimum atomic E-state index is -0.750. The van der Waals surface area contributed by atoms with Crippen LogP contribution in [0.2, 0.25) is 5.02 Å². The molecule has 1 aliphatic rings. The third-order valence-electron chi connectivity index (χ3n) is 3.20. The molecule has 0 radical (unpaired) electrons. The number of fused-ring (bicyclic) bond motifs is 1. The molecular weight excluding hydrogens is 336 g/mol. The third kappa shape index (κ3) is 3.52. The van der Waals surface area contributed by atoms with Crippen molar-refractivity contribution in [3.8, 4) is 5.75 Å². The van der Waals surface area contributed by atoms with Gasteiger partial charge >= 0.3 is 5.97 Å².